The van der Waals surface area contributed by atoms with Crippen molar-refractivity contribution < 1.29 is 0 Å². The van der Waals surface area contributed by atoms with Crippen LogP contribution in [0.1, 0.15) is 27.2 Å². The highest BCUT2D eigenvalue weighted by Crippen LogP contribution is 2.05. The Labute approximate surface area is 56.9 Å². The van der Waals surface area contributed by atoms with E-state index >= 15 is 0 Å². The third-order valence-corrected chi connectivity index (χ3v) is 1.18. The molecule has 2 nitrogen and oxygen atoms in total. The number of nitriles is 1. The van der Waals surface area contributed by atoms with Gasteiger partial charge in [0, 0.05) is 5.54 Å². The molecule has 0 saturated heterocycles. The summed E-state index contributed by atoms with van der Waals surface area (Å²) in [6, 6.07) is 2.13. The fourth-order valence-electron chi connectivity index (χ4n) is 0.739. The van der Waals surface area contributed by atoms with Crippen LogP contribution < -0.4 is 5.32 Å². The highest BCUT2D eigenvalue weighted by Gasteiger charge is 2.13. The predicted molar refractivity (Wildman–Crippen MR) is 38.0 cm³/mol. The van der Waals surface area contributed by atoms with E-state index in [0.29, 0.717) is 6.42 Å². The lowest BCUT2D eigenvalue weighted by atomic mass is 10.0. The molecule has 0 atom stereocenters. The van der Waals surface area contributed by atoms with Crippen molar-refractivity contribution in [3.05, 3.63) is 0 Å². The lowest BCUT2D eigenvalue weighted by Crippen LogP contribution is -2.38. The van der Waals surface area contributed by atoms with Crippen molar-refractivity contribution in [1.29, 1.82) is 5.26 Å². The minimum absolute atomic E-state index is 0.0104. The zero-order chi connectivity index (χ0) is 7.33. The van der Waals surface area contributed by atoms with E-state index in [0.717, 1.165) is 6.54 Å². The Balaban J connectivity index is 3.59. The van der Waals surface area contributed by atoms with Crippen molar-refractivity contribution in [2.75, 3.05) is 6.54 Å². The molecule has 0 aromatic rings. The van der Waals surface area contributed by atoms with Crippen LogP contribution in [0.3, 0.4) is 0 Å². The van der Waals surface area contributed by atoms with E-state index in [2.05, 4.69) is 11.4 Å². The summed E-state index contributed by atoms with van der Waals surface area (Å²) in [6.45, 7) is 7.02. The van der Waals surface area contributed by atoms with Crippen molar-refractivity contribution in [3.63, 3.8) is 0 Å². The average Bonchev–Trinajstić information content (AvgIpc) is 1.64. The first kappa shape index (κ1) is 8.45. The summed E-state index contributed by atoms with van der Waals surface area (Å²) in [7, 11) is 0. The minimum Gasteiger partial charge on any atom is -0.311 e. The van der Waals surface area contributed by atoms with Gasteiger partial charge in [0.2, 0.25) is 0 Å². The maximum Gasteiger partial charge on any atom is 0.0640 e. The Morgan fingerprint density at radius 2 is 2.11 bits per heavy atom. The van der Waals surface area contributed by atoms with Crippen LogP contribution in [0, 0.1) is 11.3 Å². The Bertz CT molecular complexity index is 111. The zero-order valence-corrected chi connectivity index (χ0v) is 6.36. The fourth-order valence-corrected chi connectivity index (χ4v) is 0.739. The van der Waals surface area contributed by atoms with Gasteiger partial charge in [-0.05, 0) is 20.4 Å². The number of hydrogen-bond acceptors (Lipinski definition) is 2. The van der Waals surface area contributed by atoms with Gasteiger partial charge in [-0.1, -0.05) is 6.92 Å². The number of hydrogen-bond donors (Lipinski definition) is 1. The molecular weight excluding hydrogens is 112 g/mol. The van der Waals surface area contributed by atoms with Gasteiger partial charge in [-0.25, -0.2) is 0 Å². The standard InChI is InChI=1S/C7H14N2/c1-4-9-7(2,3)5-6-8/h9H,4-5H2,1-3H3. The molecule has 0 amide bonds. The fraction of sp³-hybridized carbons (Fsp3) is 0.857. The van der Waals surface area contributed by atoms with E-state index in [1.54, 1.807) is 0 Å². The normalized spacial score (nSPS) is 10.9. The molecular formula is C7H14N2. The molecule has 52 valence electrons. The molecule has 0 heterocycles. The second-order valence-electron chi connectivity index (χ2n) is 2.75. The van der Waals surface area contributed by atoms with Crippen LogP contribution in [-0.2, 0) is 0 Å². The third-order valence-electron chi connectivity index (χ3n) is 1.18. The summed E-state index contributed by atoms with van der Waals surface area (Å²) >= 11 is 0. The highest BCUT2D eigenvalue weighted by molar-refractivity contribution is 4.87. The molecule has 0 saturated carbocycles. The quantitative estimate of drug-likeness (QED) is 0.618. The number of rotatable bonds is 3. The molecule has 0 rings (SSSR count). The van der Waals surface area contributed by atoms with Gasteiger partial charge in [0.25, 0.3) is 0 Å². The van der Waals surface area contributed by atoms with Crippen molar-refractivity contribution in [2.45, 2.75) is 32.7 Å². The Hall–Kier alpha value is -0.550. The maximum absolute atomic E-state index is 8.34. The molecule has 0 radical (unpaired) electrons. The Morgan fingerprint density at radius 1 is 1.56 bits per heavy atom. The first-order valence-corrected chi connectivity index (χ1v) is 3.24. The molecule has 0 unspecified atom stereocenters. The summed E-state index contributed by atoms with van der Waals surface area (Å²) in [4.78, 5) is 0. The molecule has 0 aromatic carbocycles. The average molecular weight is 126 g/mol. The van der Waals surface area contributed by atoms with Gasteiger partial charge in [-0.3, -0.25) is 0 Å². The molecule has 0 aliphatic rings. The van der Waals surface area contributed by atoms with Gasteiger partial charge in [0.15, 0.2) is 0 Å². The van der Waals surface area contributed by atoms with Crippen LogP contribution in [-0.4, -0.2) is 12.1 Å². The van der Waals surface area contributed by atoms with Crippen LogP contribution in [0.2, 0.25) is 0 Å². The smallest absolute Gasteiger partial charge is 0.0640 e. The molecule has 1 N–H and O–H groups in total. The van der Waals surface area contributed by atoms with Gasteiger partial charge in [-0.2, -0.15) is 5.26 Å². The van der Waals surface area contributed by atoms with Crippen LogP contribution in [0.15, 0.2) is 0 Å². The van der Waals surface area contributed by atoms with E-state index in [9.17, 15) is 0 Å². The van der Waals surface area contributed by atoms with E-state index in [1.165, 1.54) is 0 Å². The molecule has 9 heavy (non-hydrogen) atoms. The molecule has 0 spiro atoms. The number of nitrogens with zero attached hydrogens (tertiary/aromatic N) is 1. The molecule has 0 aliphatic carbocycles. The first-order chi connectivity index (χ1) is 4.12. The number of nitrogens with one attached hydrogen (secondary N) is 1. The summed E-state index contributed by atoms with van der Waals surface area (Å²) in [5.74, 6) is 0. The predicted octanol–water partition coefficient (Wildman–Crippen LogP) is 1.29. The molecule has 0 aliphatic heterocycles. The minimum atomic E-state index is -0.0104. The Morgan fingerprint density at radius 3 is 2.44 bits per heavy atom. The summed E-state index contributed by atoms with van der Waals surface area (Å²) < 4.78 is 0. The van der Waals surface area contributed by atoms with Crippen LogP contribution >= 0.6 is 0 Å². The molecule has 0 fully saturated rings. The van der Waals surface area contributed by atoms with Gasteiger partial charge in [0.1, 0.15) is 0 Å². The monoisotopic (exact) mass is 126 g/mol. The van der Waals surface area contributed by atoms with Gasteiger partial charge in [0.05, 0.1) is 12.5 Å². The van der Waals surface area contributed by atoms with Crippen LogP contribution in [0.25, 0.3) is 0 Å². The van der Waals surface area contributed by atoms with E-state index in [4.69, 9.17) is 5.26 Å². The van der Waals surface area contributed by atoms with Crippen molar-refractivity contribution >= 4 is 0 Å². The van der Waals surface area contributed by atoms with Crippen LogP contribution in [0.4, 0.5) is 0 Å². The molecule has 0 aromatic heterocycles. The topological polar surface area (TPSA) is 35.8 Å². The van der Waals surface area contributed by atoms with Crippen LogP contribution in [0.5, 0.6) is 0 Å². The summed E-state index contributed by atoms with van der Waals surface area (Å²) in [5.41, 5.74) is -0.0104. The highest BCUT2D eigenvalue weighted by atomic mass is 14.9. The lowest BCUT2D eigenvalue weighted by Gasteiger charge is -2.21. The molecule has 0 bridgehead atoms. The largest absolute Gasteiger partial charge is 0.311 e. The van der Waals surface area contributed by atoms with E-state index in [-0.39, 0.29) is 5.54 Å². The molecule has 2 heteroatoms. The third kappa shape index (κ3) is 3.99. The summed E-state index contributed by atoms with van der Waals surface area (Å²) in [6.07, 6.45) is 0.570. The summed E-state index contributed by atoms with van der Waals surface area (Å²) in [5, 5.41) is 11.5. The zero-order valence-electron chi connectivity index (χ0n) is 6.36. The van der Waals surface area contributed by atoms with Gasteiger partial charge >= 0.3 is 0 Å². The second kappa shape index (κ2) is 3.47. The van der Waals surface area contributed by atoms with Crippen molar-refractivity contribution in [2.24, 2.45) is 0 Å². The Kier molecular flexibility index (Phi) is 3.26. The van der Waals surface area contributed by atoms with E-state index < -0.39 is 0 Å². The van der Waals surface area contributed by atoms with Gasteiger partial charge < -0.3 is 5.32 Å². The first-order valence-electron chi connectivity index (χ1n) is 3.24. The van der Waals surface area contributed by atoms with E-state index in [1.807, 2.05) is 20.8 Å². The van der Waals surface area contributed by atoms with Gasteiger partial charge in [-0.15, -0.1) is 0 Å². The SMILES string of the molecule is CCNC(C)(C)CC#N. The lowest BCUT2D eigenvalue weighted by molar-refractivity contribution is 0.408. The van der Waals surface area contributed by atoms with Crippen molar-refractivity contribution in [1.82, 2.24) is 5.32 Å². The maximum atomic E-state index is 8.34. The van der Waals surface area contributed by atoms with Crippen molar-refractivity contribution in [3.8, 4) is 6.07 Å². The second-order valence-corrected chi connectivity index (χ2v) is 2.75.